The normalized spacial score (nSPS) is 10.2. The standard InChI is InChI=1S/C13H10Cl2N2O2/c14-8-4-2-6-10(11(8)15)17-13(19)7-3-1-5-9(16)12(7)18/h1-6,18H,16H2,(H,17,19). The summed E-state index contributed by atoms with van der Waals surface area (Å²) in [4.78, 5) is 12.0. The van der Waals surface area contributed by atoms with Crippen LogP contribution in [0.5, 0.6) is 5.75 Å². The highest BCUT2D eigenvalue weighted by atomic mass is 35.5. The van der Waals surface area contributed by atoms with Gasteiger partial charge in [-0.3, -0.25) is 4.79 Å². The van der Waals surface area contributed by atoms with E-state index in [1.165, 1.54) is 12.1 Å². The summed E-state index contributed by atoms with van der Waals surface area (Å²) < 4.78 is 0. The number of amides is 1. The quantitative estimate of drug-likeness (QED) is 0.586. The molecular weight excluding hydrogens is 287 g/mol. The van der Waals surface area contributed by atoms with Crippen molar-refractivity contribution in [1.29, 1.82) is 0 Å². The average Bonchev–Trinajstić information content (AvgIpc) is 2.38. The lowest BCUT2D eigenvalue weighted by Gasteiger charge is -2.10. The van der Waals surface area contributed by atoms with Gasteiger partial charge in [0, 0.05) is 0 Å². The summed E-state index contributed by atoms with van der Waals surface area (Å²) in [7, 11) is 0. The number of carbonyl (C=O) groups is 1. The number of nitrogens with one attached hydrogen (secondary N) is 1. The Balaban J connectivity index is 2.31. The molecule has 98 valence electrons. The van der Waals surface area contributed by atoms with Crippen LogP contribution in [-0.4, -0.2) is 11.0 Å². The van der Waals surface area contributed by atoms with Crippen LogP contribution in [0.15, 0.2) is 36.4 Å². The number of para-hydroxylation sites is 1. The lowest BCUT2D eigenvalue weighted by molar-refractivity contribution is 0.102. The number of anilines is 2. The Kier molecular flexibility index (Phi) is 3.83. The molecule has 1 amide bonds. The molecule has 0 heterocycles. The molecule has 0 aliphatic heterocycles. The van der Waals surface area contributed by atoms with Crippen LogP contribution < -0.4 is 11.1 Å². The number of phenols is 1. The van der Waals surface area contributed by atoms with E-state index in [0.29, 0.717) is 10.7 Å². The summed E-state index contributed by atoms with van der Waals surface area (Å²) in [5, 5.41) is 12.9. The minimum Gasteiger partial charge on any atom is -0.505 e. The third kappa shape index (κ3) is 2.75. The maximum Gasteiger partial charge on any atom is 0.259 e. The van der Waals surface area contributed by atoms with E-state index in [9.17, 15) is 9.90 Å². The second kappa shape index (κ2) is 5.38. The summed E-state index contributed by atoms with van der Waals surface area (Å²) in [6, 6.07) is 9.40. The largest absolute Gasteiger partial charge is 0.505 e. The third-order valence-electron chi connectivity index (χ3n) is 2.51. The molecule has 0 aliphatic carbocycles. The van der Waals surface area contributed by atoms with E-state index in [1.807, 2.05) is 0 Å². The fourth-order valence-electron chi connectivity index (χ4n) is 1.53. The molecule has 0 bridgehead atoms. The first-order valence-electron chi connectivity index (χ1n) is 5.33. The molecule has 0 spiro atoms. The number of halogens is 2. The number of hydrogen-bond donors (Lipinski definition) is 3. The highest BCUT2D eigenvalue weighted by Crippen LogP contribution is 2.31. The number of carbonyl (C=O) groups excluding carboxylic acids is 1. The van der Waals surface area contributed by atoms with Gasteiger partial charge in [-0.15, -0.1) is 0 Å². The van der Waals surface area contributed by atoms with E-state index < -0.39 is 5.91 Å². The Labute approximate surface area is 119 Å². The van der Waals surface area contributed by atoms with Gasteiger partial charge in [0.1, 0.15) is 0 Å². The zero-order valence-corrected chi connectivity index (χ0v) is 11.2. The van der Waals surface area contributed by atoms with Crippen LogP contribution in [0.2, 0.25) is 10.0 Å². The molecule has 2 aromatic rings. The van der Waals surface area contributed by atoms with Gasteiger partial charge in [-0.1, -0.05) is 35.3 Å². The molecule has 19 heavy (non-hydrogen) atoms. The van der Waals surface area contributed by atoms with Crippen molar-refractivity contribution < 1.29 is 9.90 Å². The number of nitrogen functional groups attached to an aromatic ring is 1. The van der Waals surface area contributed by atoms with E-state index in [0.717, 1.165) is 0 Å². The fourth-order valence-corrected chi connectivity index (χ4v) is 1.88. The van der Waals surface area contributed by atoms with Gasteiger partial charge in [-0.2, -0.15) is 0 Å². The van der Waals surface area contributed by atoms with Gasteiger partial charge in [0.2, 0.25) is 0 Å². The van der Waals surface area contributed by atoms with Crippen molar-refractivity contribution >= 4 is 40.5 Å². The van der Waals surface area contributed by atoms with E-state index in [4.69, 9.17) is 28.9 Å². The van der Waals surface area contributed by atoms with Gasteiger partial charge < -0.3 is 16.2 Å². The zero-order valence-electron chi connectivity index (χ0n) is 9.65. The Morgan fingerprint density at radius 2 is 1.84 bits per heavy atom. The molecule has 0 saturated carbocycles. The molecule has 6 heteroatoms. The van der Waals surface area contributed by atoms with Crippen molar-refractivity contribution in [2.45, 2.75) is 0 Å². The van der Waals surface area contributed by atoms with Gasteiger partial charge in [0.05, 0.1) is 27.0 Å². The second-order valence-corrected chi connectivity index (χ2v) is 4.58. The van der Waals surface area contributed by atoms with Gasteiger partial charge in [0.15, 0.2) is 5.75 Å². The number of rotatable bonds is 2. The first-order chi connectivity index (χ1) is 9.00. The number of aromatic hydroxyl groups is 1. The first-order valence-corrected chi connectivity index (χ1v) is 6.09. The lowest BCUT2D eigenvalue weighted by atomic mass is 10.1. The maximum atomic E-state index is 12.0. The predicted octanol–water partition coefficient (Wildman–Crippen LogP) is 3.53. The molecule has 4 nitrogen and oxygen atoms in total. The molecule has 0 radical (unpaired) electrons. The lowest BCUT2D eigenvalue weighted by Crippen LogP contribution is -2.13. The topological polar surface area (TPSA) is 75.4 Å². The third-order valence-corrected chi connectivity index (χ3v) is 3.33. The fraction of sp³-hybridized carbons (Fsp3) is 0. The highest BCUT2D eigenvalue weighted by molar-refractivity contribution is 6.44. The minimum atomic E-state index is -0.519. The molecule has 0 fully saturated rings. The SMILES string of the molecule is Nc1cccc(C(=O)Nc2cccc(Cl)c2Cl)c1O. The summed E-state index contributed by atoms with van der Waals surface area (Å²) in [6.45, 7) is 0. The molecule has 2 rings (SSSR count). The van der Waals surface area contributed by atoms with E-state index in [1.54, 1.807) is 24.3 Å². The van der Waals surface area contributed by atoms with Gasteiger partial charge in [-0.25, -0.2) is 0 Å². The molecule has 0 aromatic heterocycles. The van der Waals surface area contributed by atoms with Crippen molar-refractivity contribution in [3.05, 3.63) is 52.0 Å². The van der Waals surface area contributed by atoms with Crippen LogP contribution in [0.25, 0.3) is 0 Å². The monoisotopic (exact) mass is 296 g/mol. The highest BCUT2D eigenvalue weighted by Gasteiger charge is 2.14. The molecular formula is C13H10Cl2N2O2. The van der Waals surface area contributed by atoms with Crippen molar-refractivity contribution in [3.8, 4) is 5.75 Å². The number of hydrogen-bond acceptors (Lipinski definition) is 3. The van der Waals surface area contributed by atoms with Crippen LogP contribution in [0, 0.1) is 0 Å². The molecule has 0 aliphatic rings. The summed E-state index contributed by atoms with van der Waals surface area (Å²) in [5.74, 6) is -0.785. The van der Waals surface area contributed by atoms with Crippen LogP contribution in [0.3, 0.4) is 0 Å². The molecule has 0 saturated heterocycles. The van der Waals surface area contributed by atoms with E-state index in [-0.39, 0.29) is 22.0 Å². The number of benzene rings is 2. The Hall–Kier alpha value is -1.91. The first kappa shape index (κ1) is 13.5. The molecule has 2 aromatic carbocycles. The van der Waals surface area contributed by atoms with Crippen LogP contribution in [0.4, 0.5) is 11.4 Å². The smallest absolute Gasteiger partial charge is 0.259 e. The summed E-state index contributed by atoms with van der Waals surface area (Å²) >= 11 is 11.8. The van der Waals surface area contributed by atoms with Crippen LogP contribution in [0.1, 0.15) is 10.4 Å². The van der Waals surface area contributed by atoms with Crippen LogP contribution in [-0.2, 0) is 0 Å². The predicted molar refractivity (Wildman–Crippen MR) is 76.9 cm³/mol. The van der Waals surface area contributed by atoms with Gasteiger partial charge in [-0.05, 0) is 24.3 Å². The zero-order chi connectivity index (χ0) is 14.0. The summed E-state index contributed by atoms with van der Waals surface area (Å²) in [5.41, 5.74) is 6.09. The number of phenolic OH excluding ortho intramolecular Hbond substituents is 1. The van der Waals surface area contributed by atoms with Gasteiger partial charge >= 0.3 is 0 Å². The van der Waals surface area contributed by atoms with Crippen molar-refractivity contribution in [2.24, 2.45) is 0 Å². The van der Waals surface area contributed by atoms with Crippen molar-refractivity contribution in [2.75, 3.05) is 11.1 Å². The van der Waals surface area contributed by atoms with Crippen molar-refractivity contribution in [1.82, 2.24) is 0 Å². The van der Waals surface area contributed by atoms with E-state index >= 15 is 0 Å². The Morgan fingerprint density at radius 3 is 2.58 bits per heavy atom. The number of nitrogens with two attached hydrogens (primary N) is 1. The molecule has 4 N–H and O–H groups in total. The minimum absolute atomic E-state index is 0.0658. The maximum absolute atomic E-state index is 12.0. The van der Waals surface area contributed by atoms with Crippen LogP contribution >= 0.6 is 23.2 Å². The van der Waals surface area contributed by atoms with E-state index in [2.05, 4.69) is 5.32 Å². The van der Waals surface area contributed by atoms with Crippen molar-refractivity contribution in [3.63, 3.8) is 0 Å². The molecule has 0 atom stereocenters. The summed E-state index contributed by atoms with van der Waals surface area (Å²) in [6.07, 6.45) is 0. The Morgan fingerprint density at radius 1 is 1.16 bits per heavy atom. The molecule has 0 unspecified atom stereocenters. The average molecular weight is 297 g/mol. The second-order valence-electron chi connectivity index (χ2n) is 3.80. The Bertz CT molecular complexity index is 645. The van der Waals surface area contributed by atoms with Gasteiger partial charge in [0.25, 0.3) is 5.91 Å².